The summed E-state index contributed by atoms with van der Waals surface area (Å²) in [7, 11) is 1.52. The topological polar surface area (TPSA) is 54.0 Å². The maximum absolute atomic E-state index is 12.3. The molecule has 1 rings (SSSR count). The number of methoxy groups -OCH3 is 1. The second kappa shape index (κ2) is 9.20. The molecule has 0 radical (unpaired) electrons. The van der Waals surface area contributed by atoms with Crippen molar-refractivity contribution < 1.29 is 23.7 Å². The first-order valence-corrected chi connectivity index (χ1v) is 8.55. The molecule has 0 aliphatic carbocycles. The third-order valence-corrected chi connectivity index (χ3v) is 3.08. The van der Waals surface area contributed by atoms with Crippen LogP contribution in [0.2, 0.25) is 0 Å². The van der Waals surface area contributed by atoms with Crippen LogP contribution in [-0.4, -0.2) is 39.2 Å². The van der Waals surface area contributed by atoms with Gasteiger partial charge in [0.25, 0.3) is 0 Å². The molecule has 0 atom stereocenters. The fraction of sp³-hybridized carbons (Fsp3) is 0.650. The largest absolute Gasteiger partial charge is 0.496 e. The fourth-order valence-corrected chi connectivity index (χ4v) is 1.86. The predicted octanol–water partition coefficient (Wildman–Crippen LogP) is 4.30. The van der Waals surface area contributed by atoms with Gasteiger partial charge in [0.05, 0.1) is 20.3 Å². The van der Waals surface area contributed by atoms with Gasteiger partial charge >= 0.3 is 5.97 Å². The lowest BCUT2D eigenvalue weighted by Crippen LogP contribution is -2.32. The molecule has 0 heterocycles. The smallest absolute Gasteiger partial charge is 0.342 e. The summed E-state index contributed by atoms with van der Waals surface area (Å²) in [4.78, 5) is 12.3. The molecule has 25 heavy (non-hydrogen) atoms. The number of hydrogen-bond acceptors (Lipinski definition) is 5. The summed E-state index contributed by atoms with van der Waals surface area (Å²) in [5, 5.41) is 0. The van der Waals surface area contributed by atoms with Gasteiger partial charge in [0.1, 0.15) is 17.9 Å². The van der Waals surface area contributed by atoms with E-state index in [1.165, 1.54) is 7.11 Å². The number of ether oxygens (including phenoxy) is 4. The van der Waals surface area contributed by atoms with Crippen molar-refractivity contribution in [3.05, 3.63) is 29.8 Å². The first-order valence-electron chi connectivity index (χ1n) is 8.55. The zero-order valence-corrected chi connectivity index (χ0v) is 16.5. The summed E-state index contributed by atoms with van der Waals surface area (Å²) in [6.45, 7) is 13.5. The third-order valence-electron chi connectivity index (χ3n) is 3.08. The monoisotopic (exact) mass is 352 g/mol. The molecule has 1 aromatic carbocycles. The molecule has 0 N–H and O–H groups in total. The Morgan fingerprint density at radius 2 is 1.48 bits per heavy atom. The number of rotatable bonds is 8. The minimum Gasteiger partial charge on any atom is -0.496 e. The number of esters is 1. The summed E-state index contributed by atoms with van der Waals surface area (Å²) in [6.07, 6.45) is -0.600. The lowest BCUT2D eigenvalue weighted by atomic mass is 9.98. The highest BCUT2D eigenvalue weighted by atomic mass is 16.7. The first kappa shape index (κ1) is 21.5. The molecular weight excluding hydrogens is 320 g/mol. The Balaban J connectivity index is 2.67. The van der Waals surface area contributed by atoms with E-state index < -0.39 is 12.3 Å². The van der Waals surface area contributed by atoms with Crippen LogP contribution in [0.4, 0.5) is 0 Å². The second-order valence-electron chi connectivity index (χ2n) is 8.47. The molecule has 0 aliphatic rings. The molecule has 0 amide bonds. The van der Waals surface area contributed by atoms with E-state index >= 15 is 0 Å². The van der Waals surface area contributed by atoms with Gasteiger partial charge in [0.15, 0.2) is 6.29 Å². The van der Waals surface area contributed by atoms with Gasteiger partial charge in [-0.05, 0) is 23.0 Å². The van der Waals surface area contributed by atoms with E-state index in [1.807, 2.05) is 0 Å². The van der Waals surface area contributed by atoms with Gasteiger partial charge in [-0.3, -0.25) is 0 Å². The Morgan fingerprint density at radius 1 is 0.960 bits per heavy atom. The van der Waals surface area contributed by atoms with Crippen LogP contribution in [0.1, 0.15) is 51.9 Å². The summed E-state index contributed by atoms with van der Waals surface area (Å²) in [5.41, 5.74) is 0.377. The van der Waals surface area contributed by atoms with Crippen LogP contribution < -0.4 is 4.74 Å². The molecule has 1 aromatic rings. The average Bonchev–Trinajstić information content (AvgIpc) is 2.51. The summed E-state index contributed by atoms with van der Waals surface area (Å²) in [6, 6.07) is 6.96. The third kappa shape index (κ3) is 8.89. The quantitative estimate of drug-likeness (QED) is 0.516. The van der Waals surface area contributed by atoms with Crippen LogP contribution in [0.5, 0.6) is 5.75 Å². The van der Waals surface area contributed by atoms with Crippen molar-refractivity contribution in [3.8, 4) is 5.75 Å². The van der Waals surface area contributed by atoms with Gasteiger partial charge in [0.2, 0.25) is 0 Å². The van der Waals surface area contributed by atoms with Gasteiger partial charge in [0, 0.05) is 0 Å². The molecule has 5 nitrogen and oxygen atoms in total. The number of benzene rings is 1. The summed E-state index contributed by atoms with van der Waals surface area (Å²) in [5.74, 6) is 0.0245. The van der Waals surface area contributed by atoms with E-state index in [0.29, 0.717) is 24.5 Å². The first-order chi connectivity index (χ1) is 11.5. The zero-order chi connectivity index (χ0) is 19.1. The SMILES string of the molecule is COc1ccccc1C(=O)OCC(OCC(C)(C)C)OCC(C)(C)C. The van der Waals surface area contributed by atoms with Gasteiger partial charge in [-0.2, -0.15) is 0 Å². The van der Waals surface area contributed by atoms with Crippen molar-refractivity contribution >= 4 is 5.97 Å². The van der Waals surface area contributed by atoms with Crippen LogP contribution >= 0.6 is 0 Å². The molecule has 0 saturated carbocycles. The van der Waals surface area contributed by atoms with Crippen molar-refractivity contribution in [2.45, 2.75) is 47.8 Å². The van der Waals surface area contributed by atoms with Gasteiger partial charge < -0.3 is 18.9 Å². The fourth-order valence-electron chi connectivity index (χ4n) is 1.86. The normalized spacial score (nSPS) is 12.3. The van der Waals surface area contributed by atoms with E-state index in [1.54, 1.807) is 24.3 Å². The van der Waals surface area contributed by atoms with Gasteiger partial charge in [-0.25, -0.2) is 4.79 Å². The van der Waals surface area contributed by atoms with Gasteiger partial charge in [-0.15, -0.1) is 0 Å². The highest BCUT2D eigenvalue weighted by molar-refractivity contribution is 5.92. The van der Waals surface area contributed by atoms with Crippen LogP contribution in [0.25, 0.3) is 0 Å². The lowest BCUT2D eigenvalue weighted by molar-refractivity contribution is -0.186. The average molecular weight is 352 g/mol. The zero-order valence-electron chi connectivity index (χ0n) is 16.5. The second-order valence-corrected chi connectivity index (χ2v) is 8.47. The maximum Gasteiger partial charge on any atom is 0.342 e. The molecule has 0 spiro atoms. The molecule has 0 saturated heterocycles. The predicted molar refractivity (Wildman–Crippen MR) is 97.9 cm³/mol. The van der Waals surface area contributed by atoms with Crippen molar-refractivity contribution in [2.75, 3.05) is 26.9 Å². The summed E-state index contributed by atoms with van der Waals surface area (Å²) < 4.78 is 22.2. The molecule has 142 valence electrons. The Labute approximate surface area is 151 Å². The Morgan fingerprint density at radius 3 is 1.96 bits per heavy atom. The Kier molecular flexibility index (Phi) is 7.90. The number of carbonyl (C=O) groups is 1. The maximum atomic E-state index is 12.3. The summed E-state index contributed by atoms with van der Waals surface area (Å²) >= 11 is 0. The van der Waals surface area contributed by atoms with Crippen molar-refractivity contribution in [2.24, 2.45) is 10.8 Å². The molecule has 0 unspecified atom stereocenters. The molecule has 0 fully saturated rings. The molecule has 0 aromatic heterocycles. The molecular formula is C20H32O5. The lowest BCUT2D eigenvalue weighted by Gasteiger charge is -2.27. The molecule has 5 heteroatoms. The number of hydrogen-bond donors (Lipinski definition) is 0. The standard InChI is InChI=1S/C20H32O5/c1-19(2,3)13-24-17(25-14-20(4,5)6)12-23-18(21)15-10-8-9-11-16(15)22-7/h8-11,17H,12-14H2,1-7H3. The van der Waals surface area contributed by atoms with E-state index in [0.717, 1.165) is 0 Å². The van der Waals surface area contributed by atoms with E-state index in [9.17, 15) is 4.79 Å². The van der Waals surface area contributed by atoms with E-state index in [4.69, 9.17) is 18.9 Å². The highest BCUT2D eigenvalue weighted by Gasteiger charge is 2.22. The van der Waals surface area contributed by atoms with Crippen LogP contribution in [-0.2, 0) is 14.2 Å². The minimum atomic E-state index is -0.600. The van der Waals surface area contributed by atoms with Crippen molar-refractivity contribution in [1.29, 1.82) is 0 Å². The Hall–Kier alpha value is -1.59. The van der Waals surface area contributed by atoms with E-state index in [2.05, 4.69) is 41.5 Å². The van der Waals surface area contributed by atoms with Crippen LogP contribution in [0.3, 0.4) is 0 Å². The van der Waals surface area contributed by atoms with Crippen LogP contribution in [0.15, 0.2) is 24.3 Å². The minimum absolute atomic E-state index is 0.00397. The highest BCUT2D eigenvalue weighted by Crippen LogP contribution is 2.20. The number of carbonyl (C=O) groups excluding carboxylic acids is 1. The van der Waals surface area contributed by atoms with Crippen molar-refractivity contribution in [3.63, 3.8) is 0 Å². The van der Waals surface area contributed by atoms with Gasteiger partial charge in [-0.1, -0.05) is 53.7 Å². The van der Waals surface area contributed by atoms with E-state index in [-0.39, 0.29) is 17.4 Å². The molecule has 0 bridgehead atoms. The Bertz CT molecular complexity index is 522. The van der Waals surface area contributed by atoms with Crippen LogP contribution in [0, 0.1) is 10.8 Å². The number of para-hydroxylation sites is 1. The van der Waals surface area contributed by atoms with Crippen molar-refractivity contribution in [1.82, 2.24) is 0 Å². The molecule has 0 aliphatic heterocycles.